The molecule has 8 heteroatoms. The van der Waals surface area contributed by atoms with E-state index in [4.69, 9.17) is 9.47 Å². The number of methoxy groups -OCH3 is 1. The van der Waals surface area contributed by atoms with Crippen molar-refractivity contribution >= 4 is 21.6 Å². The molecule has 7 nitrogen and oxygen atoms in total. The highest BCUT2D eigenvalue weighted by Gasteiger charge is 2.13. The molecule has 0 saturated heterocycles. The number of nitrogens with one attached hydrogen (secondary N) is 2. The molecule has 1 amide bonds. The summed E-state index contributed by atoms with van der Waals surface area (Å²) >= 11 is 0. The Kier molecular flexibility index (Phi) is 6.46. The number of amides is 1. The van der Waals surface area contributed by atoms with Crippen LogP contribution in [0.1, 0.15) is 15.9 Å². The van der Waals surface area contributed by atoms with Crippen LogP contribution < -0.4 is 19.5 Å². The number of hydrogen-bond acceptors (Lipinski definition) is 5. The molecular weight excluding hydrogens is 356 g/mol. The van der Waals surface area contributed by atoms with Gasteiger partial charge >= 0.3 is 0 Å². The quantitative estimate of drug-likeness (QED) is 0.687. The summed E-state index contributed by atoms with van der Waals surface area (Å²) in [5.74, 6) is 1.12. The van der Waals surface area contributed by atoms with Crippen LogP contribution >= 0.6 is 0 Å². The molecule has 0 aromatic heterocycles. The van der Waals surface area contributed by atoms with Gasteiger partial charge in [0.1, 0.15) is 18.1 Å². The van der Waals surface area contributed by atoms with Gasteiger partial charge in [-0.2, -0.15) is 0 Å². The Hall–Kier alpha value is -2.74. The summed E-state index contributed by atoms with van der Waals surface area (Å²) in [4.78, 5) is 12.3. The van der Waals surface area contributed by atoms with Gasteiger partial charge < -0.3 is 14.8 Å². The molecule has 0 radical (unpaired) electrons. The van der Waals surface area contributed by atoms with Crippen molar-refractivity contribution in [3.05, 3.63) is 53.6 Å². The molecule has 26 heavy (non-hydrogen) atoms. The number of benzene rings is 2. The van der Waals surface area contributed by atoms with Crippen LogP contribution in [0.2, 0.25) is 0 Å². The molecule has 0 fully saturated rings. The van der Waals surface area contributed by atoms with E-state index in [0.717, 1.165) is 12.0 Å². The minimum absolute atomic E-state index is 0.294. The van der Waals surface area contributed by atoms with E-state index < -0.39 is 10.0 Å². The lowest BCUT2D eigenvalue weighted by atomic mass is 10.1. The predicted octanol–water partition coefficient (Wildman–Crippen LogP) is 2.18. The molecule has 2 aromatic carbocycles. The summed E-state index contributed by atoms with van der Waals surface area (Å²) in [5.41, 5.74) is 1.35. The number of carbonyl (C=O) groups is 1. The summed E-state index contributed by atoms with van der Waals surface area (Å²) in [7, 11) is -1.82. The van der Waals surface area contributed by atoms with Crippen molar-refractivity contribution in [2.45, 2.75) is 6.92 Å². The topological polar surface area (TPSA) is 93.7 Å². The lowest BCUT2D eigenvalue weighted by molar-refractivity contribution is 0.0946. The van der Waals surface area contributed by atoms with Crippen LogP contribution in [-0.2, 0) is 10.0 Å². The number of sulfonamides is 1. The van der Waals surface area contributed by atoms with Crippen LogP contribution in [-0.4, -0.2) is 40.8 Å². The van der Waals surface area contributed by atoms with Gasteiger partial charge in [0, 0.05) is 5.56 Å². The second kappa shape index (κ2) is 8.57. The summed E-state index contributed by atoms with van der Waals surface area (Å²) < 4.78 is 35.8. The summed E-state index contributed by atoms with van der Waals surface area (Å²) in [6.07, 6.45) is 1.07. The number of carbonyl (C=O) groups excluding carboxylic acids is 1. The third-order valence-corrected chi connectivity index (χ3v) is 4.18. The van der Waals surface area contributed by atoms with Crippen LogP contribution in [0, 0.1) is 6.92 Å². The smallest absolute Gasteiger partial charge is 0.251 e. The minimum Gasteiger partial charge on any atom is -0.497 e. The summed E-state index contributed by atoms with van der Waals surface area (Å²) in [5, 5.41) is 2.76. The van der Waals surface area contributed by atoms with E-state index in [9.17, 15) is 13.2 Å². The van der Waals surface area contributed by atoms with Gasteiger partial charge in [-0.15, -0.1) is 0 Å². The highest BCUT2D eigenvalue weighted by atomic mass is 32.2. The van der Waals surface area contributed by atoms with Gasteiger partial charge in [0.15, 0.2) is 0 Å². The van der Waals surface area contributed by atoms with Crippen LogP contribution in [0.15, 0.2) is 42.5 Å². The number of rotatable bonds is 8. The van der Waals surface area contributed by atoms with Crippen LogP contribution in [0.25, 0.3) is 0 Å². The largest absolute Gasteiger partial charge is 0.497 e. The molecule has 2 N–H and O–H groups in total. The maximum Gasteiger partial charge on any atom is 0.251 e. The zero-order valence-electron chi connectivity index (χ0n) is 14.9. The van der Waals surface area contributed by atoms with Crippen LogP contribution in [0.5, 0.6) is 11.5 Å². The highest BCUT2D eigenvalue weighted by molar-refractivity contribution is 7.92. The van der Waals surface area contributed by atoms with E-state index in [-0.39, 0.29) is 5.91 Å². The predicted molar refractivity (Wildman–Crippen MR) is 100 cm³/mol. The number of ether oxygens (including phenoxy) is 2. The molecule has 2 rings (SSSR count). The van der Waals surface area contributed by atoms with Gasteiger partial charge in [-0.1, -0.05) is 6.07 Å². The van der Waals surface area contributed by atoms with Crippen molar-refractivity contribution < 1.29 is 22.7 Å². The Balaban J connectivity index is 1.90. The first-order valence-corrected chi connectivity index (χ1v) is 9.82. The van der Waals surface area contributed by atoms with E-state index in [0.29, 0.717) is 35.7 Å². The molecule has 0 aliphatic carbocycles. The molecule has 0 bridgehead atoms. The van der Waals surface area contributed by atoms with Crippen molar-refractivity contribution in [2.24, 2.45) is 0 Å². The Morgan fingerprint density at radius 2 is 1.73 bits per heavy atom. The third-order valence-electron chi connectivity index (χ3n) is 3.59. The fourth-order valence-corrected chi connectivity index (χ4v) is 2.91. The SMILES string of the molecule is COc1ccc(OCCNC(=O)c2cccc(NS(C)(=O)=O)c2C)cc1. The fraction of sp³-hybridized carbons (Fsp3) is 0.278. The molecule has 0 spiro atoms. The van der Waals surface area contributed by atoms with Crippen LogP contribution in [0.3, 0.4) is 0 Å². The van der Waals surface area contributed by atoms with E-state index in [2.05, 4.69) is 10.0 Å². The number of hydrogen-bond donors (Lipinski definition) is 2. The molecule has 0 atom stereocenters. The lowest BCUT2D eigenvalue weighted by Crippen LogP contribution is -2.28. The van der Waals surface area contributed by atoms with Crippen molar-refractivity contribution in [3.8, 4) is 11.5 Å². The molecule has 0 aliphatic heterocycles. The Labute approximate surface area is 153 Å². The van der Waals surface area contributed by atoms with Gasteiger partial charge in [0.2, 0.25) is 10.0 Å². The molecule has 2 aromatic rings. The highest BCUT2D eigenvalue weighted by Crippen LogP contribution is 2.20. The zero-order valence-corrected chi connectivity index (χ0v) is 15.7. The second-order valence-electron chi connectivity index (χ2n) is 5.63. The molecule has 0 saturated carbocycles. The monoisotopic (exact) mass is 378 g/mol. The molecule has 0 aliphatic rings. The first-order chi connectivity index (χ1) is 12.3. The van der Waals surface area contributed by atoms with E-state index in [1.165, 1.54) is 0 Å². The average Bonchev–Trinajstić information content (AvgIpc) is 2.59. The Morgan fingerprint density at radius 1 is 1.08 bits per heavy atom. The van der Waals surface area contributed by atoms with Crippen molar-refractivity contribution in [2.75, 3.05) is 31.2 Å². The Morgan fingerprint density at radius 3 is 2.35 bits per heavy atom. The summed E-state index contributed by atoms with van der Waals surface area (Å²) in [6, 6.07) is 12.0. The number of anilines is 1. The maximum absolute atomic E-state index is 12.3. The molecule has 0 heterocycles. The van der Waals surface area contributed by atoms with Crippen LogP contribution in [0.4, 0.5) is 5.69 Å². The van der Waals surface area contributed by atoms with Gasteiger partial charge in [0.25, 0.3) is 5.91 Å². The minimum atomic E-state index is -3.41. The zero-order chi connectivity index (χ0) is 19.2. The van der Waals surface area contributed by atoms with Crippen molar-refractivity contribution in [1.82, 2.24) is 5.32 Å². The second-order valence-corrected chi connectivity index (χ2v) is 7.38. The lowest BCUT2D eigenvalue weighted by Gasteiger charge is -2.13. The van der Waals surface area contributed by atoms with E-state index in [1.54, 1.807) is 56.5 Å². The summed E-state index contributed by atoms with van der Waals surface area (Å²) in [6.45, 7) is 2.31. The molecule has 0 unspecified atom stereocenters. The van der Waals surface area contributed by atoms with Gasteiger partial charge in [-0.05, 0) is 48.9 Å². The average molecular weight is 378 g/mol. The molecule has 140 valence electrons. The maximum atomic E-state index is 12.3. The fourth-order valence-electron chi connectivity index (χ4n) is 2.29. The van der Waals surface area contributed by atoms with Crippen molar-refractivity contribution in [1.29, 1.82) is 0 Å². The van der Waals surface area contributed by atoms with E-state index >= 15 is 0 Å². The first kappa shape index (κ1) is 19.6. The molecular formula is C18H22N2O5S. The standard InChI is InChI=1S/C18H22N2O5S/c1-13-16(5-4-6-17(13)20-26(3,22)23)18(21)19-11-12-25-15-9-7-14(24-2)8-10-15/h4-10,20H,11-12H2,1-3H3,(H,19,21). The first-order valence-electron chi connectivity index (χ1n) is 7.92. The van der Waals surface area contributed by atoms with E-state index in [1.807, 2.05) is 0 Å². The van der Waals surface area contributed by atoms with Crippen molar-refractivity contribution in [3.63, 3.8) is 0 Å². The Bertz CT molecular complexity index is 864. The normalized spacial score (nSPS) is 10.9. The van der Waals surface area contributed by atoms with Gasteiger partial charge in [0.05, 0.1) is 25.6 Å². The van der Waals surface area contributed by atoms with Gasteiger partial charge in [-0.25, -0.2) is 8.42 Å². The third kappa shape index (κ3) is 5.66. The van der Waals surface area contributed by atoms with Gasteiger partial charge in [-0.3, -0.25) is 9.52 Å².